The maximum absolute atomic E-state index is 12.4. The molecule has 3 rings (SSSR count). The summed E-state index contributed by atoms with van der Waals surface area (Å²) in [7, 11) is 3.25. The lowest BCUT2D eigenvalue weighted by molar-refractivity contribution is -0.138. The molecule has 25 heavy (non-hydrogen) atoms. The number of piperidine rings is 1. The predicted octanol–water partition coefficient (Wildman–Crippen LogP) is 1.76. The van der Waals surface area contributed by atoms with Crippen LogP contribution < -0.4 is 14.8 Å². The Bertz CT molecular complexity index is 642. The van der Waals surface area contributed by atoms with E-state index in [1.165, 1.54) is 0 Å². The standard InChI is InChI=1S/C19H26N2O4/c1-24-16-7-3-13(17(11-16)25-2)9-10-20-19(23)14-4-8-18(22)21(12-14)15-5-6-15/h3,7,11,14-15H,4-6,8-10,12H2,1-2H3,(H,20,23)/t14-/m1/s1. The van der Waals surface area contributed by atoms with Gasteiger partial charge in [-0.15, -0.1) is 0 Å². The van der Waals surface area contributed by atoms with E-state index in [2.05, 4.69) is 5.32 Å². The first-order valence-corrected chi connectivity index (χ1v) is 8.90. The van der Waals surface area contributed by atoms with Crippen molar-refractivity contribution in [2.24, 2.45) is 5.92 Å². The highest BCUT2D eigenvalue weighted by Crippen LogP contribution is 2.31. The van der Waals surface area contributed by atoms with Crippen LogP contribution in [0.1, 0.15) is 31.2 Å². The summed E-state index contributed by atoms with van der Waals surface area (Å²) in [6, 6.07) is 6.07. The second kappa shape index (κ2) is 7.76. The van der Waals surface area contributed by atoms with Gasteiger partial charge >= 0.3 is 0 Å². The average Bonchev–Trinajstić information content (AvgIpc) is 3.47. The summed E-state index contributed by atoms with van der Waals surface area (Å²) in [5.74, 6) is 1.67. The van der Waals surface area contributed by atoms with Crippen LogP contribution in [0.25, 0.3) is 0 Å². The average molecular weight is 346 g/mol. The molecule has 0 radical (unpaired) electrons. The van der Waals surface area contributed by atoms with E-state index in [1.807, 2.05) is 23.1 Å². The fourth-order valence-electron chi connectivity index (χ4n) is 3.35. The van der Waals surface area contributed by atoms with Gasteiger partial charge in [0.15, 0.2) is 0 Å². The molecule has 2 fully saturated rings. The Balaban J connectivity index is 1.50. The summed E-state index contributed by atoms with van der Waals surface area (Å²) in [4.78, 5) is 26.3. The third-order valence-corrected chi connectivity index (χ3v) is 4.99. The molecule has 1 saturated carbocycles. The van der Waals surface area contributed by atoms with E-state index < -0.39 is 0 Å². The van der Waals surface area contributed by atoms with E-state index in [0.29, 0.717) is 38.4 Å². The Morgan fingerprint density at radius 2 is 2.04 bits per heavy atom. The number of nitrogens with zero attached hydrogens (tertiary/aromatic N) is 1. The van der Waals surface area contributed by atoms with E-state index in [0.717, 1.165) is 29.9 Å². The van der Waals surface area contributed by atoms with E-state index >= 15 is 0 Å². The number of methoxy groups -OCH3 is 2. The van der Waals surface area contributed by atoms with Crippen molar-refractivity contribution in [3.05, 3.63) is 23.8 Å². The fourth-order valence-corrected chi connectivity index (χ4v) is 3.35. The first-order chi connectivity index (χ1) is 12.1. The van der Waals surface area contributed by atoms with Gasteiger partial charge in [0.05, 0.1) is 20.1 Å². The van der Waals surface area contributed by atoms with Crippen LogP contribution in [0, 0.1) is 5.92 Å². The van der Waals surface area contributed by atoms with Crippen LogP contribution in [0.5, 0.6) is 11.5 Å². The Kier molecular flexibility index (Phi) is 5.46. The molecular formula is C19H26N2O4. The van der Waals surface area contributed by atoms with Crippen molar-refractivity contribution in [3.8, 4) is 11.5 Å². The van der Waals surface area contributed by atoms with Gasteiger partial charge < -0.3 is 19.7 Å². The van der Waals surface area contributed by atoms with Crippen molar-refractivity contribution >= 4 is 11.8 Å². The molecule has 1 aliphatic heterocycles. The number of hydrogen-bond donors (Lipinski definition) is 1. The second-order valence-electron chi connectivity index (χ2n) is 6.73. The minimum atomic E-state index is -0.0870. The SMILES string of the molecule is COc1ccc(CCNC(=O)[C@@H]2CCC(=O)N(C3CC3)C2)c(OC)c1. The number of carbonyl (C=O) groups excluding carboxylic acids is 2. The molecule has 0 aromatic heterocycles. The smallest absolute Gasteiger partial charge is 0.224 e. The second-order valence-corrected chi connectivity index (χ2v) is 6.73. The Morgan fingerprint density at radius 3 is 2.72 bits per heavy atom. The summed E-state index contributed by atoms with van der Waals surface area (Å²) in [5, 5.41) is 3.01. The highest BCUT2D eigenvalue weighted by molar-refractivity contribution is 5.84. The molecule has 2 aliphatic rings. The van der Waals surface area contributed by atoms with Gasteiger partial charge in [0.1, 0.15) is 11.5 Å². The van der Waals surface area contributed by atoms with Crippen LogP contribution in [0.4, 0.5) is 0 Å². The van der Waals surface area contributed by atoms with Crippen molar-refractivity contribution in [2.75, 3.05) is 27.3 Å². The molecule has 0 unspecified atom stereocenters. The summed E-state index contributed by atoms with van der Waals surface area (Å²) < 4.78 is 10.6. The van der Waals surface area contributed by atoms with Gasteiger partial charge in [0.25, 0.3) is 0 Å². The van der Waals surface area contributed by atoms with Gasteiger partial charge in [-0.05, 0) is 37.3 Å². The predicted molar refractivity (Wildman–Crippen MR) is 93.7 cm³/mol. The lowest BCUT2D eigenvalue weighted by Gasteiger charge is -2.32. The molecule has 1 N–H and O–H groups in total. The third-order valence-electron chi connectivity index (χ3n) is 4.99. The summed E-state index contributed by atoms with van der Waals surface area (Å²) in [6.07, 6.45) is 3.99. The zero-order valence-electron chi connectivity index (χ0n) is 14.9. The molecule has 0 spiro atoms. The lowest BCUT2D eigenvalue weighted by Crippen LogP contribution is -2.46. The van der Waals surface area contributed by atoms with Gasteiger partial charge in [-0.25, -0.2) is 0 Å². The first kappa shape index (κ1) is 17.6. The number of carbonyl (C=O) groups is 2. The summed E-state index contributed by atoms with van der Waals surface area (Å²) in [6.45, 7) is 1.12. The van der Waals surface area contributed by atoms with Crippen molar-refractivity contribution in [1.82, 2.24) is 10.2 Å². The fraction of sp³-hybridized carbons (Fsp3) is 0.579. The normalized spacial score (nSPS) is 20.3. The molecule has 1 aromatic rings. The van der Waals surface area contributed by atoms with Crippen LogP contribution in [0.2, 0.25) is 0 Å². The minimum Gasteiger partial charge on any atom is -0.497 e. The number of amides is 2. The molecule has 1 heterocycles. The van der Waals surface area contributed by atoms with Gasteiger partial charge in [-0.1, -0.05) is 6.07 Å². The lowest BCUT2D eigenvalue weighted by atomic mass is 9.96. The van der Waals surface area contributed by atoms with Crippen LogP contribution in [0.15, 0.2) is 18.2 Å². The number of benzene rings is 1. The van der Waals surface area contributed by atoms with Crippen LogP contribution in [-0.2, 0) is 16.0 Å². The molecule has 1 aliphatic carbocycles. The first-order valence-electron chi connectivity index (χ1n) is 8.90. The summed E-state index contributed by atoms with van der Waals surface area (Å²) in [5.41, 5.74) is 1.03. The quantitative estimate of drug-likeness (QED) is 0.817. The zero-order valence-corrected chi connectivity index (χ0v) is 14.9. The topological polar surface area (TPSA) is 67.9 Å². The minimum absolute atomic E-state index is 0.0469. The highest BCUT2D eigenvalue weighted by Gasteiger charge is 2.38. The van der Waals surface area contributed by atoms with E-state index in [1.54, 1.807) is 14.2 Å². The number of nitrogens with one attached hydrogen (secondary N) is 1. The Labute approximate surface area is 148 Å². The molecular weight excluding hydrogens is 320 g/mol. The maximum Gasteiger partial charge on any atom is 0.224 e. The highest BCUT2D eigenvalue weighted by atomic mass is 16.5. The van der Waals surface area contributed by atoms with E-state index in [-0.39, 0.29) is 17.7 Å². The number of likely N-dealkylation sites (tertiary alicyclic amines) is 1. The van der Waals surface area contributed by atoms with Gasteiger partial charge in [0.2, 0.25) is 11.8 Å². The molecule has 6 heteroatoms. The summed E-state index contributed by atoms with van der Waals surface area (Å²) >= 11 is 0. The van der Waals surface area contributed by atoms with Crippen LogP contribution >= 0.6 is 0 Å². The maximum atomic E-state index is 12.4. The zero-order chi connectivity index (χ0) is 17.8. The number of ether oxygens (including phenoxy) is 2. The Hall–Kier alpha value is -2.24. The molecule has 1 aromatic carbocycles. The molecule has 2 amide bonds. The van der Waals surface area contributed by atoms with Crippen LogP contribution in [0.3, 0.4) is 0 Å². The number of rotatable bonds is 7. The van der Waals surface area contributed by atoms with E-state index in [9.17, 15) is 9.59 Å². The largest absolute Gasteiger partial charge is 0.497 e. The van der Waals surface area contributed by atoms with Crippen molar-refractivity contribution < 1.29 is 19.1 Å². The Morgan fingerprint density at radius 1 is 1.24 bits per heavy atom. The molecule has 1 atom stereocenters. The van der Waals surface area contributed by atoms with Gasteiger partial charge in [-0.3, -0.25) is 9.59 Å². The van der Waals surface area contributed by atoms with E-state index in [4.69, 9.17) is 9.47 Å². The van der Waals surface area contributed by atoms with Gasteiger partial charge in [0, 0.05) is 31.6 Å². The molecule has 136 valence electrons. The monoisotopic (exact) mass is 346 g/mol. The van der Waals surface area contributed by atoms with Crippen molar-refractivity contribution in [3.63, 3.8) is 0 Å². The molecule has 0 bridgehead atoms. The van der Waals surface area contributed by atoms with Crippen molar-refractivity contribution in [1.29, 1.82) is 0 Å². The van der Waals surface area contributed by atoms with Crippen molar-refractivity contribution in [2.45, 2.75) is 38.1 Å². The molecule has 6 nitrogen and oxygen atoms in total. The molecule has 1 saturated heterocycles. The number of hydrogen-bond acceptors (Lipinski definition) is 4. The van der Waals surface area contributed by atoms with Crippen LogP contribution in [-0.4, -0.2) is 50.1 Å². The van der Waals surface area contributed by atoms with Gasteiger partial charge in [-0.2, -0.15) is 0 Å². The third kappa shape index (κ3) is 4.24.